The predicted molar refractivity (Wildman–Crippen MR) is 99.5 cm³/mol. The first kappa shape index (κ1) is 18.2. The van der Waals surface area contributed by atoms with Crippen molar-refractivity contribution in [2.45, 2.75) is 38.5 Å². The third-order valence-corrected chi connectivity index (χ3v) is 5.23. The lowest BCUT2D eigenvalue weighted by molar-refractivity contribution is 0.597. The summed E-state index contributed by atoms with van der Waals surface area (Å²) in [7, 11) is -3.85. The van der Waals surface area contributed by atoms with E-state index in [1.54, 1.807) is 23.9 Å². The van der Waals surface area contributed by atoms with E-state index in [-0.39, 0.29) is 10.8 Å². The number of aryl methyl sites for hydroxylation is 1. The maximum absolute atomic E-state index is 12.0. The fourth-order valence-corrected chi connectivity index (χ4v) is 3.53. The van der Waals surface area contributed by atoms with Crippen LogP contribution in [0.25, 0.3) is 17.2 Å². The van der Waals surface area contributed by atoms with Gasteiger partial charge in [-0.1, -0.05) is 19.9 Å². The van der Waals surface area contributed by atoms with Gasteiger partial charge in [0.1, 0.15) is 0 Å². The van der Waals surface area contributed by atoms with Crippen molar-refractivity contribution in [1.82, 2.24) is 19.7 Å². The van der Waals surface area contributed by atoms with Crippen molar-refractivity contribution < 1.29 is 8.42 Å². The van der Waals surface area contributed by atoms with E-state index < -0.39 is 10.0 Å². The second kappa shape index (κ2) is 6.62. The van der Waals surface area contributed by atoms with Gasteiger partial charge in [0, 0.05) is 17.7 Å². The van der Waals surface area contributed by atoms with E-state index in [1.165, 1.54) is 0 Å². The highest BCUT2D eigenvalue weighted by Gasteiger charge is 2.20. The van der Waals surface area contributed by atoms with Gasteiger partial charge in [-0.3, -0.25) is 0 Å². The number of pyridine rings is 1. The highest BCUT2D eigenvalue weighted by molar-refractivity contribution is 7.89. The maximum Gasteiger partial charge on any atom is 0.238 e. The van der Waals surface area contributed by atoms with Crippen molar-refractivity contribution in [2.75, 3.05) is 0 Å². The monoisotopic (exact) mass is 371 g/mol. The summed E-state index contributed by atoms with van der Waals surface area (Å²) in [6.07, 6.45) is 1.67. The van der Waals surface area contributed by atoms with E-state index in [0.29, 0.717) is 28.6 Å². The van der Waals surface area contributed by atoms with Gasteiger partial charge in [-0.15, -0.1) is 5.10 Å². The first-order valence-electron chi connectivity index (χ1n) is 8.21. The average Bonchev–Trinajstić information content (AvgIpc) is 3.02. The predicted octanol–water partition coefficient (Wildman–Crippen LogP) is 2.72. The summed E-state index contributed by atoms with van der Waals surface area (Å²) in [5.41, 5.74) is 2.07. The Labute approximate surface area is 153 Å². The molecule has 3 rings (SSSR count). The van der Waals surface area contributed by atoms with Crippen molar-refractivity contribution in [3.63, 3.8) is 0 Å². The molecule has 136 valence electrons. The van der Waals surface area contributed by atoms with Gasteiger partial charge in [0.25, 0.3) is 0 Å². The molecule has 8 heteroatoms. The lowest BCUT2D eigenvalue weighted by Gasteiger charge is -2.11. The average molecular weight is 371 g/mol. The van der Waals surface area contributed by atoms with Gasteiger partial charge in [0.15, 0.2) is 17.5 Å². The third-order valence-electron chi connectivity index (χ3n) is 4.19. The summed E-state index contributed by atoms with van der Waals surface area (Å²) in [4.78, 5) is 9.05. The second-order valence-electron chi connectivity index (χ2n) is 6.51. The van der Waals surface area contributed by atoms with Gasteiger partial charge in [-0.2, -0.15) is 4.68 Å². The molecular formula is C18H21N5O2S. The SMILES string of the molecule is Cc1cc(-c2nc(C(C)C)nn2-c2ccccn2)cc(S(N)(=O)=O)c1C. The van der Waals surface area contributed by atoms with Gasteiger partial charge >= 0.3 is 0 Å². The molecule has 0 radical (unpaired) electrons. The largest absolute Gasteiger partial charge is 0.238 e. The molecule has 7 nitrogen and oxygen atoms in total. The fraction of sp³-hybridized carbons (Fsp3) is 0.278. The number of sulfonamides is 1. The minimum atomic E-state index is -3.85. The number of rotatable bonds is 4. The highest BCUT2D eigenvalue weighted by atomic mass is 32.2. The Hall–Kier alpha value is -2.58. The summed E-state index contributed by atoms with van der Waals surface area (Å²) in [6.45, 7) is 7.58. The van der Waals surface area contributed by atoms with Crippen LogP contribution in [0, 0.1) is 13.8 Å². The van der Waals surface area contributed by atoms with E-state index >= 15 is 0 Å². The molecule has 2 aromatic heterocycles. The van der Waals surface area contributed by atoms with Crippen molar-refractivity contribution in [3.8, 4) is 17.2 Å². The van der Waals surface area contributed by atoms with Crippen LogP contribution < -0.4 is 5.14 Å². The molecule has 0 amide bonds. The molecule has 0 aliphatic rings. The lowest BCUT2D eigenvalue weighted by atomic mass is 10.1. The molecule has 0 aliphatic heterocycles. The summed E-state index contributed by atoms with van der Waals surface area (Å²) >= 11 is 0. The smallest absolute Gasteiger partial charge is 0.237 e. The summed E-state index contributed by atoms with van der Waals surface area (Å²) in [6, 6.07) is 8.93. The van der Waals surface area contributed by atoms with Crippen LogP contribution in [0.5, 0.6) is 0 Å². The summed E-state index contributed by atoms with van der Waals surface area (Å²) in [5.74, 6) is 1.90. The number of hydrogen-bond donors (Lipinski definition) is 1. The quantitative estimate of drug-likeness (QED) is 0.759. The molecule has 3 aromatic rings. The van der Waals surface area contributed by atoms with Crippen LogP contribution in [0.4, 0.5) is 0 Å². The molecule has 0 unspecified atom stereocenters. The lowest BCUT2D eigenvalue weighted by Crippen LogP contribution is -2.14. The normalized spacial score (nSPS) is 11.9. The van der Waals surface area contributed by atoms with Crippen LogP contribution in [-0.2, 0) is 10.0 Å². The van der Waals surface area contributed by atoms with Crippen molar-refractivity contribution in [1.29, 1.82) is 0 Å². The third kappa shape index (κ3) is 3.38. The number of nitrogens with two attached hydrogens (primary N) is 1. The van der Waals surface area contributed by atoms with Crippen molar-refractivity contribution >= 4 is 10.0 Å². The number of hydrogen-bond acceptors (Lipinski definition) is 5. The molecule has 0 saturated heterocycles. The van der Waals surface area contributed by atoms with Crippen LogP contribution in [-0.4, -0.2) is 28.2 Å². The molecule has 2 heterocycles. The molecular weight excluding hydrogens is 350 g/mol. The van der Waals surface area contributed by atoms with E-state index in [1.807, 2.05) is 45.0 Å². The molecule has 0 spiro atoms. The van der Waals surface area contributed by atoms with E-state index in [9.17, 15) is 8.42 Å². The zero-order valence-corrected chi connectivity index (χ0v) is 15.9. The molecule has 1 aromatic carbocycles. The Balaban J connectivity index is 2.29. The topological polar surface area (TPSA) is 104 Å². The zero-order valence-electron chi connectivity index (χ0n) is 15.1. The molecule has 2 N–H and O–H groups in total. The van der Waals surface area contributed by atoms with Gasteiger partial charge in [-0.25, -0.2) is 23.5 Å². The van der Waals surface area contributed by atoms with Crippen LogP contribution in [0.3, 0.4) is 0 Å². The Morgan fingerprint density at radius 1 is 1.15 bits per heavy atom. The molecule has 0 fully saturated rings. The number of nitrogens with zero attached hydrogens (tertiary/aromatic N) is 4. The van der Waals surface area contributed by atoms with Crippen LogP contribution >= 0.6 is 0 Å². The molecule has 0 saturated carbocycles. The van der Waals surface area contributed by atoms with E-state index in [2.05, 4.69) is 15.1 Å². The summed E-state index contributed by atoms with van der Waals surface area (Å²) in [5, 5.41) is 9.96. The number of benzene rings is 1. The Bertz CT molecular complexity index is 1060. The van der Waals surface area contributed by atoms with Gasteiger partial charge in [0.2, 0.25) is 10.0 Å². The fourth-order valence-electron chi connectivity index (χ4n) is 2.65. The summed E-state index contributed by atoms with van der Waals surface area (Å²) < 4.78 is 25.6. The van der Waals surface area contributed by atoms with Gasteiger partial charge < -0.3 is 0 Å². The zero-order chi connectivity index (χ0) is 19.1. The molecule has 0 bridgehead atoms. The van der Waals surface area contributed by atoms with Crippen LogP contribution in [0.2, 0.25) is 0 Å². The van der Waals surface area contributed by atoms with Gasteiger partial charge in [-0.05, 0) is 49.2 Å². The van der Waals surface area contributed by atoms with Crippen molar-refractivity contribution in [3.05, 3.63) is 53.5 Å². The maximum atomic E-state index is 12.0. The Kier molecular flexibility index (Phi) is 4.64. The van der Waals surface area contributed by atoms with E-state index in [4.69, 9.17) is 5.14 Å². The highest BCUT2D eigenvalue weighted by Crippen LogP contribution is 2.28. The standard InChI is InChI=1S/C18H21N5O2S/c1-11(2)17-21-18(23(22-17)16-7-5-6-8-20-16)14-9-12(3)13(4)15(10-14)26(19,24)25/h5-11H,1-4H3,(H2,19,24,25). The Morgan fingerprint density at radius 3 is 2.46 bits per heavy atom. The minimum Gasteiger partial charge on any atom is -0.237 e. The van der Waals surface area contributed by atoms with E-state index in [0.717, 1.165) is 5.56 Å². The first-order chi connectivity index (χ1) is 12.2. The van der Waals surface area contributed by atoms with Gasteiger partial charge in [0.05, 0.1) is 4.90 Å². The number of primary sulfonamides is 1. The van der Waals surface area contributed by atoms with Crippen molar-refractivity contribution in [2.24, 2.45) is 5.14 Å². The van der Waals surface area contributed by atoms with Crippen LogP contribution in [0.1, 0.15) is 36.7 Å². The molecule has 0 aliphatic carbocycles. The Morgan fingerprint density at radius 2 is 1.88 bits per heavy atom. The molecule has 26 heavy (non-hydrogen) atoms. The minimum absolute atomic E-state index is 0.0918. The van der Waals surface area contributed by atoms with Crippen LogP contribution in [0.15, 0.2) is 41.4 Å². The second-order valence-corrected chi connectivity index (χ2v) is 8.04. The molecule has 0 atom stereocenters. The number of aromatic nitrogens is 4. The first-order valence-corrected chi connectivity index (χ1v) is 9.76.